The first kappa shape index (κ1) is 14.1. The van der Waals surface area contributed by atoms with Crippen LogP contribution in [0.1, 0.15) is 24.1 Å². The van der Waals surface area contributed by atoms with Crippen LogP contribution >= 0.6 is 11.6 Å². The number of aryl methyl sites for hydroxylation is 1. The van der Waals surface area contributed by atoms with E-state index in [0.717, 1.165) is 11.3 Å². The Kier molecular flexibility index (Phi) is 5.05. The molecule has 0 saturated heterocycles. The molecule has 2 nitrogen and oxygen atoms in total. The molecule has 0 amide bonds. The van der Waals surface area contributed by atoms with Crippen LogP contribution in [-0.4, -0.2) is 17.8 Å². The molecule has 1 aromatic heterocycles. The van der Waals surface area contributed by atoms with Crippen molar-refractivity contribution in [3.63, 3.8) is 0 Å². The second kappa shape index (κ2) is 6.10. The lowest BCUT2D eigenvalue weighted by Gasteiger charge is -2.09. The van der Waals surface area contributed by atoms with Gasteiger partial charge in [-0.25, -0.2) is 4.98 Å². The standard InChI is InChI=1S/C11H13ClF3NO/c1-8-5-9(7-12)6-10(16-8)17-4-2-3-11(13,14)15/h5-6H,2-4,7H2,1H3. The van der Waals surface area contributed by atoms with Crippen molar-refractivity contribution >= 4 is 11.6 Å². The van der Waals surface area contributed by atoms with Gasteiger partial charge in [0, 0.05) is 24.1 Å². The predicted molar refractivity (Wildman–Crippen MR) is 59.3 cm³/mol. The van der Waals surface area contributed by atoms with Gasteiger partial charge < -0.3 is 4.74 Å². The Hall–Kier alpha value is -0.970. The number of nitrogens with zero attached hydrogens (tertiary/aromatic N) is 1. The highest BCUT2D eigenvalue weighted by Gasteiger charge is 2.26. The lowest BCUT2D eigenvalue weighted by molar-refractivity contribution is -0.136. The van der Waals surface area contributed by atoms with Gasteiger partial charge in [0.25, 0.3) is 0 Å². The number of ether oxygens (including phenoxy) is 1. The van der Waals surface area contributed by atoms with Crippen molar-refractivity contribution in [2.75, 3.05) is 6.61 Å². The van der Waals surface area contributed by atoms with Gasteiger partial charge in [0.2, 0.25) is 5.88 Å². The summed E-state index contributed by atoms with van der Waals surface area (Å²) in [4.78, 5) is 4.05. The van der Waals surface area contributed by atoms with Gasteiger partial charge >= 0.3 is 6.18 Å². The monoisotopic (exact) mass is 267 g/mol. The minimum Gasteiger partial charge on any atom is -0.478 e. The number of aromatic nitrogens is 1. The predicted octanol–water partition coefficient (Wildman–Crippen LogP) is 3.85. The molecule has 0 saturated carbocycles. The zero-order valence-corrected chi connectivity index (χ0v) is 10.1. The zero-order valence-electron chi connectivity index (χ0n) is 9.35. The van der Waals surface area contributed by atoms with E-state index >= 15 is 0 Å². The summed E-state index contributed by atoms with van der Waals surface area (Å²) < 4.78 is 40.8. The van der Waals surface area contributed by atoms with E-state index in [1.807, 2.05) is 0 Å². The van der Waals surface area contributed by atoms with E-state index in [1.165, 1.54) is 0 Å². The van der Waals surface area contributed by atoms with Crippen LogP contribution in [0, 0.1) is 6.92 Å². The number of rotatable bonds is 5. The Balaban J connectivity index is 2.44. The van der Waals surface area contributed by atoms with Crippen LogP contribution < -0.4 is 4.74 Å². The van der Waals surface area contributed by atoms with Crippen molar-refractivity contribution in [2.45, 2.75) is 31.8 Å². The van der Waals surface area contributed by atoms with Crippen LogP contribution in [0.5, 0.6) is 5.88 Å². The molecular formula is C11H13ClF3NO. The number of hydrogen-bond donors (Lipinski definition) is 0. The first-order valence-corrected chi connectivity index (χ1v) is 5.67. The summed E-state index contributed by atoms with van der Waals surface area (Å²) in [6.45, 7) is 1.77. The van der Waals surface area contributed by atoms with Crippen LogP contribution in [-0.2, 0) is 5.88 Å². The van der Waals surface area contributed by atoms with Gasteiger partial charge in [0.05, 0.1) is 6.61 Å². The molecule has 0 aliphatic heterocycles. The van der Waals surface area contributed by atoms with Crippen molar-refractivity contribution < 1.29 is 17.9 Å². The maximum Gasteiger partial charge on any atom is 0.389 e. The first-order chi connectivity index (χ1) is 7.90. The average molecular weight is 268 g/mol. The normalized spacial score (nSPS) is 11.6. The van der Waals surface area contributed by atoms with Crippen LogP contribution in [0.3, 0.4) is 0 Å². The molecular weight excluding hydrogens is 255 g/mol. The number of alkyl halides is 4. The number of pyridine rings is 1. The molecule has 0 unspecified atom stereocenters. The third-order valence-electron chi connectivity index (χ3n) is 2.00. The van der Waals surface area contributed by atoms with Gasteiger partial charge in [-0.05, 0) is 25.0 Å². The van der Waals surface area contributed by atoms with Crippen molar-refractivity contribution in [3.05, 3.63) is 23.4 Å². The summed E-state index contributed by atoms with van der Waals surface area (Å²) in [7, 11) is 0. The van der Waals surface area contributed by atoms with E-state index in [9.17, 15) is 13.2 Å². The van der Waals surface area contributed by atoms with Crippen LogP contribution in [0.4, 0.5) is 13.2 Å². The van der Waals surface area contributed by atoms with Crippen LogP contribution in [0.15, 0.2) is 12.1 Å². The van der Waals surface area contributed by atoms with Crippen LogP contribution in [0.2, 0.25) is 0 Å². The molecule has 0 aromatic carbocycles. The Morgan fingerprint density at radius 2 is 2.06 bits per heavy atom. The van der Waals surface area contributed by atoms with Crippen LogP contribution in [0.25, 0.3) is 0 Å². The third-order valence-corrected chi connectivity index (χ3v) is 2.31. The van der Waals surface area contributed by atoms with Crippen molar-refractivity contribution in [1.29, 1.82) is 0 Å². The molecule has 1 aromatic rings. The molecule has 0 radical (unpaired) electrons. The van der Waals surface area contributed by atoms with E-state index in [0.29, 0.717) is 11.8 Å². The summed E-state index contributed by atoms with van der Waals surface area (Å²) in [5, 5.41) is 0. The second-order valence-corrected chi connectivity index (χ2v) is 3.92. The Morgan fingerprint density at radius 3 is 2.65 bits per heavy atom. The SMILES string of the molecule is Cc1cc(CCl)cc(OCCCC(F)(F)F)n1. The molecule has 0 bridgehead atoms. The smallest absolute Gasteiger partial charge is 0.389 e. The first-order valence-electron chi connectivity index (χ1n) is 5.14. The van der Waals surface area contributed by atoms with E-state index in [2.05, 4.69) is 4.98 Å². The third kappa shape index (κ3) is 5.77. The lowest BCUT2D eigenvalue weighted by Crippen LogP contribution is -2.10. The summed E-state index contributed by atoms with van der Waals surface area (Å²) in [5.74, 6) is 0.644. The van der Waals surface area contributed by atoms with Crippen molar-refractivity contribution in [1.82, 2.24) is 4.98 Å². The molecule has 0 fully saturated rings. The largest absolute Gasteiger partial charge is 0.478 e. The molecule has 0 aliphatic carbocycles. The molecule has 17 heavy (non-hydrogen) atoms. The number of halogens is 4. The summed E-state index contributed by atoms with van der Waals surface area (Å²) in [5.41, 5.74) is 1.57. The lowest BCUT2D eigenvalue weighted by atomic mass is 10.2. The molecule has 6 heteroatoms. The maximum atomic E-state index is 11.9. The zero-order chi connectivity index (χ0) is 12.9. The number of hydrogen-bond acceptors (Lipinski definition) is 2. The molecule has 96 valence electrons. The van der Waals surface area contributed by atoms with E-state index in [4.69, 9.17) is 16.3 Å². The molecule has 0 spiro atoms. The fourth-order valence-corrected chi connectivity index (χ4v) is 1.46. The molecule has 1 rings (SSSR count). The van der Waals surface area contributed by atoms with Gasteiger partial charge in [-0.15, -0.1) is 11.6 Å². The topological polar surface area (TPSA) is 22.1 Å². The molecule has 0 atom stereocenters. The Bertz CT molecular complexity index is 368. The second-order valence-electron chi connectivity index (χ2n) is 3.66. The highest BCUT2D eigenvalue weighted by Crippen LogP contribution is 2.21. The van der Waals surface area contributed by atoms with Gasteiger partial charge in [0.1, 0.15) is 0 Å². The molecule has 0 aliphatic rings. The molecule has 1 heterocycles. The van der Waals surface area contributed by atoms with E-state index in [-0.39, 0.29) is 13.0 Å². The average Bonchev–Trinajstić information content (AvgIpc) is 2.22. The minimum atomic E-state index is -4.13. The fraction of sp³-hybridized carbons (Fsp3) is 0.545. The molecule has 0 N–H and O–H groups in total. The maximum absolute atomic E-state index is 11.9. The Labute approximate surface area is 103 Å². The van der Waals surface area contributed by atoms with Crippen molar-refractivity contribution in [2.24, 2.45) is 0 Å². The minimum absolute atomic E-state index is 0.00229. The van der Waals surface area contributed by atoms with E-state index in [1.54, 1.807) is 19.1 Å². The summed E-state index contributed by atoms with van der Waals surface area (Å²) >= 11 is 5.66. The van der Waals surface area contributed by atoms with Gasteiger partial charge in [0.15, 0.2) is 0 Å². The summed E-state index contributed by atoms with van der Waals surface area (Å²) in [6, 6.07) is 3.43. The van der Waals surface area contributed by atoms with Gasteiger partial charge in [-0.1, -0.05) is 0 Å². The highest BCUT2D eigenvalue weighted by atomic mass is 35.5. The van der Waals surface area contributed by atoms with Crippen molar-refractivity contribution in [3.8, 4) is 5.88 Å². The highest BCUT2D eigenvalue weighted by molar-refractivity contribution is 6.17. The van der Waals surface area contributed by atoms with E-state index < -0.39 is 12.6 Å². The van der Waals surface area contributed by atoms with Gasteiger partial charge in [-0.3, -0.25) is 0 Å². The Morgan fingerprint density at radius 1 is 1.35 bits per heavy atom. The quantitative estimate of drug-likeness (QED) is 0.597. The van der Waals surface area contributed by atoms with Gasteiger partial charge in [-0.2, -0.15) is 13.2 Å². The summed E-state index contributed by atoms with van der Waals surface area (Å²) in [6.07, 6.45) is -5.05. The fourth-order valence-electron chi connectivity index (χ4n) is 1.31.